The van der Waals surface area contributed by atoms with E-state index in [2.05, 4.69) is 9.80 Å². The lowest BCUT2D eigenvalue weighted by Crippen LogP contribution is -2.49. The monoisotopic (exact) mass is 491 g/mol. The van der Waals surface area contributed by atoms with E-state index in [9.17, 15) is 18.7 Å². The molecule has 4 aromatic rings. The molecule has 6 nitrogen and oxygen atoms in total. The molecular formula is C28H27F2N3O3. The lowest BCUT2D eigenvalue weighted by Gasteiger charge is -2.40. The molecule has 8 heteroatoms. The highest BCUT2D eigenvalue weighted by Gasteiger charge is 2.31. The van der Waals surface area contributed by atoms with Gasteiger partial charge in [0.2, 0.25) is 0 Å². The quantitative estimate of drug-likeness (QED) is 0.424. The molecule has 1 aliphatic rings. The molecule has 0 amide bonds. The summed E-state index contributed by atoms with van der Waals surface area (Å²) in [6, 6.07) is 17.0. The Hall–Kier alpha value is -3.91. The van der Waals surface area contributed by atoms with Crippen LogP contribution in [0.2, 0.25) is 0 Å². The van der Waals surface area contributed by atoms with Gasteiger partial charge in [0.05, 0.1) is 24.4 Å². The Morgan fingerprint density at radius 2 is 1.58 bits per heavy atom. The summed E-state index contributed by atoms with van der Waals surface area (Å²) in [7, 11) is 0. The summed E-state index contributed by atoms with van der Waals surface area (Å²) in [5, 5.41) is 11.0. The second kappa shape index (κ2) is 9.99. The van der Waals surface area contributed by atoms with Gasteiger partial charge in [-0.2, -0.15) is 0 Å². The van der Waals surface area contributed by atoms with Crippen molar-refractivity contribution in [2.24, 2.45) is 0 Å². The molecule has 5 rings (SSSR count). The number of pyridine rings is 1. The third kappa shape index (κ3) is 4.77. The third-order valence-electron chi connectivity index (χ3n) is 6.75. The van der Waals surface area contributed by atoms with Crippen molar-refractivity contribution >= 4 is 5.69 Å². The van der Waals surface area contributed by atoms with Gasteiger partial charge in [-0.1, -0.05) is 12.1 Å². The van der Waals surface area contributed by atoms with Crippen LogP contribution in [-0.2, 0) is 6.54 Å². The van der Waals surface area contributed by atoms with Gasteiger partial charge in [0.1, 0.15) is 23.1 Å². The van der Waals surface area contributed by atoms with Gasteiger partial charge in [-0.05, 0) is 67.1 Å². The Morgan fingerprint density at radius 3 is 2.19 bits per heavy atom. The van der Waals surface area contributed by atoms with Crippen LogP contribution in [-0.4, -0.2) is 40.8 Å². The van der Waals surface area contributed by atoms with E-state index >= 15 is 0 Å². The molecule has 0 saturated carbocycles. The summed E-state index contributed by atoms with van der Waals surface area (Å²) in [5.74, 6) is -0.122. The molecular weight excluding hydrogens is 464 g/mol. The minimum Gasteiger partial charge on any atom is -0.507 e. The standard InChI is InChI=1S/C28H27F2N3O3/c1-19-17-25(34)26(28(35)33(19)18-24-3-2-16-36-24)27(20-4-6-21(29)7-5-20)32-14-12-31(13-15-32)23-10-8-22(30)9-11-23/h2-11,16-17,27,34H,12-15,18H2,1H3. The Bertz CT molecular complexity index is 1380. The number of piperazine rings is 1. The van der Waals surface area contributed by atoms with E-state index in [-0.39, 0.29) is 35.1 Å². The second-order valence-electron chi connectivity index (χ2n) is 9.01. The lowest BCUT2D eigenvalue weighted by atomic mass is 9.96. The van der Waals surface area contributed by atoms with Gasteiger partial charge in [-0.15, -0.1) is 0 Å². The van der Waals surface area contributed by atoms with Gasteiger partial charge < -0.3 is 19.0 Å². The summed E-state index contributed by atoms with van der Waals surface area (Å²) in [6.07, 6.45) is 1.55. The molecule has 0 spiro atoms. The van der Waals surface area contributed by atoms with Crippen molar-refractivity contribution in [2.75, 3.05) is 31.1 Å². The number of benzene rings is 2. The predicted molar refractivity (Wildman–Crippen MR) is 133 cm³/mol. The first-order chi connectivity index (χ1) is 17.4. The summed E-state index contributed by atoms with van der Waals surface area (Å²) in [4.78, 5) is 18.1. The molecule has 186 valence electrons. The fraction of sp³-hybridized carbons (Fsp3) is 0.250. The molecule has 1 saturated heterocycles. The Morgan fingerprint density at radius 1 is 0.944 bits per heavy atom. The van der Waals surface area contributed by atoms with Crippen molar-refractivity contribution in [3.8, 4) is 5.75 Å². The van der Waals surface area contributed by atoms with Gasteiger partial charge in [0.25, 0.3) is 5.56 Å². The molecule has 2 aromatic heterocycles. The molecule has 1 unspecified atom stereocenters. The number of hydrogen-bond donors (Lipinski definition) is 1. The number of aryl methyl sites for hydroxylation is 1. The molecule has 1 N–H and O–H groups in total. The van der Waals surface area contributed by atoms with Crippen LogP contribution in [0.3, 0.4) is 0 Å². The van der Waals surface area contributed by atoms with E-state index in [4.69, 9.17) is 4.42 Å². The Balaban J connectivity index is 1.51. The van der Waals surface area contributed by atoms with Crippen molar-refractivity contribution in [1.82, 2.24) is 9.47 Å². The lowest BCUT2D eigenvalue weighted by molar-refractivity contribution is 0.207. The normalized spacial score (nSPS) is 15.2. The highest BCUT2D eigenvalue weighted by atomic mass is 19.1. The molecule has 1 aliphatic heterocycles. The van der Waals surface area contributed by atoms with E-state index in [0.717, 1.165) is 5.69 Å². The Kier molecular flexibility index (Phi) is 6.61. The van der Waals surface area contributed by atoms with Gasteiger partial charge >= 0.3 is 0 Å². The maximum atomic E-state index is 13.8. The van der Waals surface area contributed by atoms with Crippen molar-refractivity contribution < 1.29 is 18.3 Å². The number of nitrogens with zero attached hydrogens (tertiary/aromatic N) is 3. The van der Waals surface area contributed by atoms with Crippen LogP contribution >= 0.6 is 0 Å². The number of aromatic nitrogens is 1. The van der Waals surface area contributed by atoms with Crippen molar-refractivity contribution in [3.63, 3.8) is 0 Å². The average molecular weight is 492 g/mol. The average Bonchev–Trinajstić information content (AvgIpc) is 3.39. The number of rotatable bonds is 6. The minimum atomic E-state index is -0.572. The SMILES string of the molecule is Cc1cc(O)c(C(c2ccc(F)cc2)N2CCN(c3ccc(F)cc3)CC2)c(=O)n1Cc1ccco1. The Labute approximate surface area is 207 Å². The van der Waals surface area contributed by atoms with Crippen LogP contribution < -0.4 is 10.5 Å². The summed E-state index contributed by atoms with van der Waals surface area (Å²) in [5.41, 5.74) is 2.17. The molecule has 1 fully saturated rings. The summed E-state index contributed by atoms with van der Waals surface area (Å²) >= 11 is 0. The number of anilines is 1. The maximum absolute atomic E-state index is 13.8. The molecule has 2 aromatic carbocycles. The zero-order valence-electron chi connectivity index (χ0n) is 19.9. The molecule has 1 atom stereocenters. The topological polar surface area (TPSA) is 61.9 Å². The first-order valence-electron chi connectivity index (χ1n) is 11.9. The van der Waals surface area contributed by atoms with Crippen LogP contribution in [0.15, 0.2) is 82.2 Å². The van der Waals surface area contributed by atoms with E-state index < -0.39 is 6.04 Å². The zero-order valence-corrected chi connectivity index (χ0v) is 19.9. The van der Waals surface area contributed by atoms with Gasteiger partial charge in [0.15, 0.2) is 0 Å². The smallest absolute Gasteiger partial charge is 0.260 e. The molecule has 36 heavy (non-hydrogen) atoms. The fourth-order valence-corrected chi connectivity index (χ4v) is 4.88. The highest BCUT2D eigenvalue weighted by molar-refractivity contribution is 5.47. The first kappa shape index (κ1) is 23.8. The number of halogens is 2. The number of aromatic hydroxyl groups is 1. The van der Waals surface area contributed by atoms with E-state index in [1.807, 2.05) is 0 Å². The zero-order chi connectivity index (χ0) is 25.2. The van der Waals surface area contributed by atoms with Crippen LogP contribution in [0, 0.1) is 18.6 Å². The number of furan rings is 1. The van der Waals surface area contributed by atoms with Gasteiger partial charge in [0, 0.05) is 37.6 Å². The summed E-state index contributed by atoms with van der Waals surface area (Å²) in [6.45, 7) is 4.48. The van der Waals surface area contributed by atoms with Crippen molar-refractivity contribution in [2.45, 2.75) is 19.5 Å². The van der Waals surface area contributed by atoms with E-state index in [0.29, 0.717) is 43.2 Å². The molecule has 0 radical (unpaired) electrons. The van der Waals surface area contributed by atoms with Gasteiger partial charge in [-0.3, -0.25) is 9.69 Å². The van der Waals surface area contributed by atoms with Gasteiger partial charge in [-0.25, -0.2) is 8.78 Å². The molecule has 3 heterocycles. The largest absolute Gasteiger partial charge is 0.507 e. The van der Waals surface area contributed by atoms with Crippen LogP contribution in [0.4, 0.5) is 14.5 Å². The third-order valence-corrected chi connectivity index (χ3v) is 6.75. The molecule has 0 aliphatic carbocycles. The summed E-state index contributed by atoms with van der Waals surface area (Å²) < 4.78 is 34.2. The molecule has 0 bridgehead atoms. The van der Waals surface area contributed by atoms with Crippen LogP contribution in [0.25, 0.3) is 0 Å². The maximum Gasteiger partial charge on any atom is 0.260 e. The van der Waals surface area contributed by atoms with Crippen molar-refractivity contribution in [3.05, 3.63) is 118 Å². The van der Waals surface area contributed by atoms with E-state index in [1.165, 1.54) is 24.3 Å². The fourth-order valence-electron chi connectivity index (χ4n) is 4.88. The van der Waals surface area contributed by atoms with E-state index in [1.54, 1.807) is 60.2 Å². The van der Waals surface area contributed by atoms with Crippen molar-refractivity contribution in [1.29, 1.82) is 0 Å². The highest BCUT2D eigenvalue weighted by Crippen LogP contribution is 2.34. The second-order valence-corrected chi connectivity index (χ2v) is 9.01. The minimum absolute atomic E-state index is 0.0940. The number of hydrogen-bond acceptors (Lipinski definition) is 5. The van der Waals surface area contributed by atoms with Crippen LogP contribution in [0.5, 0.6) is 5.75 Å². The predicted octanol–water partition coefficient (Wildman–Crippen LogP) is 4.69. The first-order valence-corrected chi connectivity index (χ1v) is 11.9. The van der Waals surface area contributed by atoms with Crippen LogP contribution in [0.1, 0.15) is 28.6 Å².